The van der Waals surface area contributed by atoms with Crippen LogP contribution in [0.2, 0.25) is 5.02 Å². The SMILES string of the molecule is CCOC(=O)N1CCN(S(=O)(=O)c2cc(-n3c(=O)cc(C(F)(F)F)n(C)c3=O)c(F)cc2Cl)CC1. The number of sulfonamides is 1. The van der Waals surface area contributed by atoms with E-state index in [4.69, 9.17) is 16.3 Å². The number of amides is 1. The van der Waals surface area contributed by atoms with Gasteiger partial charge < -0.3 is 9.64 Å². The molecule has 0 saturated carbocycles. The predicted molar refractivity (Wildman–Crippen MR) is 115 cm³/mol. The van der Waals surface area contributed by atoms with Crippen molar-refractivity contribution in [1.29, 1.82) is 0 Å². The molecular formula is C19H19ClF4N4O6S. The molecule has 0 atom stereocenters. The normalized spacial score (nSPS) is 15.3. The van der Waals surface area contributed by atoms with Gasteiger partial charge in [0.05, 0.1) is 17.3 Å². The Morgan fingerprint density at radius 3 is 2.26 bits per heavy atom. The fraction of sp³-hybridized carbons (Fsp3) is 0.421. The van der Waals surface area contributed by atoms with Gasteiger partial charge in [0.25, 0.3) is 5.56 Å². The lowest BCUT2D eigenvalue weighted by Crippen LogP contribution is -2.50. The Labute approximate surface area is 200 Å². The summed E-state index contributed by atoms with van der Waals surface area (Å²) in [5, 5.41) is -0.573. The van der Waals surface area contributed by atoms with Crippen LogP contribution in [-0.4, -0.2) is 65.6 Å². The van der Waals surface area contributed by atoms with Gasteiger partial charge in [-0.05, 0) is 19.1 Å². The van der Waals surface area contributed by atoms with Crippen molar-refractivity contribution < 1.29 is 35.5 Å². The highest BCUT2D eigenvalue weighted by atomic mass is 35.5. The second-order valence-electron chi connectivity index (χ2n) is 7.37. The van der Waals surface area contributed by atoms with E-state index in [2.05, 4.69) is 0 Å². The number of halogens is 5. The predicted octanol–water partition coefficient (Wildman–Crippen LogP) is 1.81. The molecule has 0 aliphatic carbocycles. The van der Waals surface area contributed by atoms with Gasteiger partial charge in [0, 0.05) is 39.3 Å². The summed E-state index contributed by atoms with van der Waals surface area (Å²) >= 11 is 5.96. The lowest BCUT2D eigenvalue weighted by Gasteiger charge is -2.33. The summed E-state index contributed by atoms with van der Waals surface area (Å²) in [5.74, 6) is -1.31. The first-order chi connectivity index (χ1) is 16.2. The van der Waals surface area contributed by atoms with Crippen molar-refractivity contribution in [2.24, 2.45) is 7.05 Å². The second-order valence-corrected chi connectivity index (χ2v) is 9.68. The molecule has 1 amide bonds. The summed E-state index contributed by atoms with van der Waals surface area (Å²) in [6.07, 6.45) is -5.66. The minimum atomic E-state index is -5.04. The molecule has 2 heterocycles. The maximum Gasteiger partial charge on any atom is 0.431 e. The van der Waals surface area contributed by atoms with E-state index in [-0.39, 0.29) is 48.0 Å². The number of rotatable bonds is 4. The highest BCUT2D eigenvalue weighted by molar-refractivity contribution is 7.89. The first kappa shape index (κ1) is 26.7. The van der Waals surface area contributed by atoms with Crippen LogP contribution in [0.1, 0.15) is 12.6 Å². The number of ether oxygens (including phenoxy) is 1. The highest BCUT2D eigenvalue weighted by Crippen LogP contribution is 2.30. The standard InChI is InChI=1S/C19H19ClF4N4O6S/c1-3-34-18(31)26-4-6-27(7-5-26)35(32,33)14-9-13(12(21)8-11(14)20)28-16(29)10-15(19(22,23)24)25(2)17(28)30/h8-10H,3-7H2,1-2H3. The van der Waals surface area contributed by atoms with Crippen LogP contribution in [-0.2, 0) is 28.0 Å². The number of benzene rings is 1. The van der Waals surface area contributed by atoms with Crippen LogP contribution in [0.25, 0.3) is 5.69 Å². The van der Waals surface area contributed by atoms with E-state index in [1.807, 2.05) is 0 Å². The molecule has 0 unspecified atom stereocenters. The van der Waals surface area contributed by atoms with Crippen LogP contribution in [0.4, 0.5) is 22.4 Å². The molecule has 0 spiro atoms. The lowest BCUT2D eigenvalue weighted by atomic mass is 10.3. The summed E-state index contributed by atoms with van der Waals surface area (Å²) in [4.78, 5) is 37.3. The van der Waals surface area contributed by atoms with Gasteiger partial charge in [-0.1, -0.05) is 11.6 Å². The summed E-state index contributed by atoms with van der Waals surface area (Å²) in [6, 6.07) is 1.25. The molecule has 1 aromatic carbocycles. The number of alkyl halides is 3. The van der Waals surface area contributed by atoms with Crippen molar-refractivity contribution in [3.05, 3.63) is 55.6 Å². The molecule has 1 saturated heterocycles. The minimum Gasteiger partial charge on any atom is -0.450 e. The fourth-order valence-corrected chi connectivity index (χ4v) is 5.40. The Balaban J connectivity index is 2.06. The molecule has 35 heavy (non-hydrogen) atoms. The number of carbonyl (C=O) groups is 1. The smallest absolute Gasteiger partial charge is 0.431 e. The zero-order valence-corrected chi connectivity index (χ0v) is 19.9. The van der Waals surface area contributed by atoms with E-state index >= 15 is 0 Å². The molecule has 1 aromatic heterocycles. The zero-order chi connectivity index (χ0) is 26.3. The van der Waals surface area contributed by atoms with E-state index < -0.39 is 60.7 Å². The van der Waals surface area contributed by atoms with Crippen LogP contribution in [0.5, 0.6) is 0 Å². The lowest BCUT2D eigenvalue weighted by molar-refractivity contribution is -0.144. The van der Waals surface area contributed by atoms with Gasteiger partial charge in [0.15, 0.2) is 0 Å². The van der Waals surface area contributed by atoms with Crippen LogP contribution in [0.3, 0.4) is 0 Å². The van der Waals surface area contributed by atoms with E-state index in [1.165, 1.54) is 4.90 Å². The number of carbonyl (C=O) groups excluding carboxylic acids is 1. The maximum atomic E-state index is 14.7. The molecular weight excluding hydrogens is 524 g/mol. The average Bonchev–Trinajstić information content (AvgIpc) is 2.77. The molecule has 192 valence electrons. The Kier molecular flexibility index (Phi) is 7.34. The van der Waals surface area contributed by atoms with Crippen molar-refractivity contribution in [2.75, 3.05) is 32.8 Å². The van der Waals surface area contributed by atoms with Crippen molar-refractivity contribution in [3.63, 3.8) is 0 Å². The molecule has 0 bridgehead atoms. The van der Waals surface area contributed by atoms with Crippen molar-refractivity contribution in [1.82, 2.24) is 18.3 Å². The molecule has 16 heteroatoms. The molecule has 2 aromatic rings. The Hall–Kier alpha value is -2.91. The van der Waals surface area contributed by atoms with Crippen LogP contribution < -0.4 is 11.2 Å². The number of nitrogens with zero attached hydrogens (tertiary/aromatic N) is 4. The van der Waals surface area contributed by atoms with Crippen LogP contribution in [0.15, 0.2) is 32.7 Å². The number of piperazine rings is 1. The molecule has 1 fully saturated rings. The average molecular weight is 543 g/mol. The van der Waals surface area contributed by atoms with E-state index in [0.717, 1.165) is 11.4 Å². The number of hydrogen-bond donors (Lipinski definition) is 0. The first-order valence-corrected chi connectivity index (χ1v) is 11.8. The molecule has 3 rings (SSSR count). The van der Waals surface area contributed by atoms with Gasteiger partial charge in [-0.3, -0.25) is 9.36 Å². The highest BCUT2D eigenvalue weighted by Gasteiger charge is 2.36. The van der Waals surface area contributed by atoms with Gasteiger partial charge in [-0.2, -0.15) is 17.5 Å². The third-order valence-electron chi connectivity index (χ3n) is 5.24. The Morgan fingerprint density at radius 2 is 1.71 bits per heavy atom. The molecule has 1 aliphatic heterocycles. The van der Waals surface area contributed by atoms with Gasteiger partial charge in [0.2, 0.25) is 10.0 Å². The Morgan fingerprint density at radius 1 is 1.11 bits per heavy atom. The van der Waals surface area contributed by atoms with Crippen molar-refractivity contribution >= 4 is 27.7 Å². The first-order valence-electron chi connectivity index (χ1n) is 10.0. The molecule has 1 aliphatic rings. The largest absolute Gasteiger partial charge is 0.450 e. The monoisotopic (exact) mass is 542 g/mol. The topological polar surface area (TPSA) is 111 Å². The zero-order valence-electron chi connectivity index (χ0n) is 18.3. The van der Waals surface area contributed by atoms with Gasteiger partial charge in [-0.25, -0.2) is 27.0 Å². The van der Waals surface area contributed by atoms with E-state index in [1.54, 1.807) is 6.92 Å². The van der Waals surface area contributed by atoms with Crippen LogP contribution in [0, 0.1) is 5.82 Å². The fourth-order valence-electron chi connectivity index (χ4n) is 3.47. The summed E-state index contributed by atoms with van der Waals surface area (Å²) < 4.78 is 86.4. The summed E-state index contributed by atoms with van der Waals surface area (Å²) in [5.41, 5.74) is -5.52. The molecule has 0 radical (unpaired) electrons. The van der Waals surface area contributed by atoms with Crippen LogP contribution >= 0.6 is 11.6 Å². The number of aromatic nitrogens is 2. The third kappa shape index (κ3) is 5.06. The van der Waals surface area contributed by atoms with Crippen molar-refractivity contribution in [3.8, 4) is 5.69 Å². The maximum absolute atomic E-state index is 14.7. The van der Waals surface area contributed by atoms with Gasteiger partial charge in [-0.15, -0.1) is 0 Å². The summed E-state index contributed by atoms with van der Waals surface area (Å²) in [7, 11) is -3.69. The number of hydrogen-bond acceptors (Lipinski definition) is 6. The van der Waals surface area contributed by atoms with Gasteiger partial charge >= 0.3 is 18.0 Å². The quantitative estimate of drug-likeness (QED) is 0.545. The third-order valence-corrected chi connectivity index (χ3v) is 7.60. The minimum absolute atomic E-state index is 0.0113. The molecule has 10 nitrogen and oxygen atoms in total. The van der Waals surface area contributed by atoms with Crippen molar-refractivity contribution in [2.45, 2.75) is 18.0 Å². The molecule has 0 N–H and O–H groups in total. The second kappa shape index (κ2) is 9.62. The summed E-state index contributed by atoms with van der Waals surface area (Å²) in [6.45, 7) is 1.40. The van der Waals surface area contributed by atoms with Gasteiger partial charge in [0.1, 0.15) is 16.4 Å². The van der Waals surface area contributed by atoms with E-state index in [0.29, 0.717) is 12.1 Å². The van der Waals surface area contributed by atoms with E-state index in [9.17, 15) is 40.4 Å². The Bertz CT molecular complexity index is 1380.